The number of thiazole rings is 1. The SMILES string of the molecule is Cc1ncsc1-c1ccc(C(C)NC(=O)[C@@H]2C[C@@H](O)CN2C(=O)C(NC(=O)CCCCCc2cccc(OCC(N)CCC(N)=O)c2F)C(C)(C)C)cc1.Cl. The standard InChI is InChI=1S/C40H55FN6O6S.ClH/c1-24(26-14-16-28(17-15-26)36-25(2)44-23-54-36)45-38(51)31-20-30(48)21-47(31)39(52)37(40(3,4)5)46-34(50)13-8-6-7-10-27-11-9-12-32(35(27)41)53-22-29(42)18-19-33(43)49;/h9,11-12,14-17,23-24,29-31,37,48H,6-8,10,13,18-22,42H2,1-5H3,(H2,43,49)(H,45,51)(H,46,50);1H/t24?,29?,30-,31+,37?;/m1./s1. The van der Waals surface area contributed by atoms with Crippen LogP contribution in [0.15, 0.2) is 48.0 Å². The number of β-amino-alcohol motifs (C(OH)–C–C–N with tert-alkyl or cyclic N) is 1. The normalized spacial score (nSPS) is 17.1. The summed E-state index contributed by atoms with van der Waals surface area (Å²) in [7, 11) is 0. The molecule has 7 N–H and O–H groups in total. The number of aliphatic hydroxyl groups excluding tert-OH is 1. The molecule has 3 aromatic rings. The van der Waals surface area contributed by atoms with E-state index in [0.29, 0.717) is 37.7 Å². The van der Waals surface area contributed by atoms with Gasteiger partial charge in [-0.15, -0.1) is 23.7 Å². The highest BCUT2D eigenvalue weighted by Crippen LogP contribution is 2.30. The van der Waals surface area contributed by atoms with Crippen LogP contribution in [0.2, 0.25) is 0 Å². The molecule has 4 rings (SSSR count). The number of carbonyl (C=O) groups excluding carboxylic acids is 4. The predicted molar refractivity (Wildman–Crippen MR) is 214 cm³/mol. The zero-order chi connectivity index (χ0) is 39.6. The first kappa shape index (κ1) is 45.3. The number of nitrogens with zero attached hydrogens (tertiary/aromatic N) is 2. The van der Waals surface area contributed by atoms with Crippen LogP contribution in [0.1, 0.15) is 95.5 Å². The Bertz CT molecular complexity index is 1750. The van der Waals surface area contributed by atoms with Gasteiger partial charge in [0.25, 0.3) is 0 Å². The molecule has 0 spiro atoms. The molecule has 1 fully saturated rings. The van der Waals surface area contributed by atoms with Crippen LogP contribution < -0.4 is 26.8 Å². The van der Waals surface area contributed by atoms with Crippen molar-refractivity contribution >= 4 is 47.4 Å². The molecule has 1 aliphatic heterocycles. The lowest BCUT2D eigenvalue weighted by Gasteiger charge is -2.35. The molecular formula is C40H56ClFN6O6S. The van der Waals surface area contributed by atoms with E-state index in [0.717, 1.165) is 21.7 Å². The maximum atomic E-state index is 15.1. The summed E-state index contributed by atoms with van der Waals surface area (Å²) in [5, 5.41) is 16.5. The van der Waals surface area contributed by atoms with Gasteiger partial charge in [-0.1, -0.05) is 63.6 Å². The Hall–Kier alpha value is -4.11. The zero-order valence-electron chi connectivity index (χ0n) is 32.3. The van der Waals surface area contributed by atoms with Crippen molar-refractivity contribution < 1.29 is 33.4 Å². The molecule has 1 saturated heterocycles. The van der Waals surface area contributed by atoms with E-state index < -0.39 is 47.3 Å². The molecule has 1 aromatic heterocycles. The molecule has 0 radical (unpaired) electrons. The molecule has 12 nitrogen and oxygen atoms in total. The highest BCUT2D eigenvalue weighted by Gasteiger charge is 2.44. The summed E-state index contributed by atoms with van der Waals surface area (Å²) < 4.78 is 20.6. The number of ether oxygens (including phenoxy) is 1. The Kier molecular flexibility index (Phi) is 17.0. The number of likely N-dealkylation sites (tertiary alicyclic amines) is 1. The fourth-order valence-electron chi connectivity index (χ4n) is 6.49. The van der Waals surface area contributed by atoms with Gasteiger partial charge in [0, 0.05) is 31.8 Å². The number of nitrogens with two attached hydrogens (primary N) is 2. The molecule has 5 atom stereocenters. The van der Waals surface area contributed by atoms with Crippen molar-refractivity contribution in [3.05, 3.63) is 70.6 Å². The molecular weight excluding hydrogens is 747 g/mol. The molecule has 0 bridgehead atoms. The van der Waals surface area contributed by atoms with Crippen molar-refractivity contribution in [3.63, 3.8) is 0 Å². The van der Waals surface area contributed by atoms with Crippen LogP contribution in [0.4, 0.5) is 4.39 Å². The third-order valence-corrected chi connectivity index (χ3v) is 10.6. The zero-order valence-corrected chi connectivity index (χ0v) is 33.9. The summed E-state index contributed by atoms with van der Waals surface area (Å²) >= 11 is 1.57. The Labute approximate surface area is 333 Å². The van der Waals surface area contributed by atoms with Crippen LogP contribution in [-0.4, -0.2) is 76.0 Å². The van der Waals surface area contributed by atoms with Gasteiger partial charge in [0.1, 0.15) is 18.7 Å². The number of aromatic nitrogens is 1. The van der Waals surface area contributed by atoms with E-state index in [-0.39, 0.29) is 68.4 Å². The molecule has 4 amide bonds. The van der Waals surface area contributed by atoms with Gasteiger partial charge in [0.05, 0.1) is 28.2 Å². The average Bonchev–Trinajstić information content (AvgIpc) is 3.74. The number of nitrogens with one attached hydrogen (secondary N) is 2. The van der Waals surface area contributed by atoms with Gasteiger partial charge < -0.3 is 36.8 Å². The number of unbranched alkanes of at least 4 members (excludes halogenated alkanes) is 2. The van der Waals surface area contributed by atoms with Crippen LogP contribution >= 0.6 is 23.7 Å². The number of aryl methyl sites for hydroxylation is 2. The largest absolute Gasteiger partial charge is 0.489 e. The van der Waals surface area contributed by atoms with Crippen molar-refractivity contribution in [1.82, 2.24) is 20.5 Å². The smallest absolute Gasteiger partial charge is 0.246 e. The summed E-state index contributed by atoms with van der Waals surface area (Å²) in [5.74, 6) is -1.92. The Morgan fingerprint density at radius 1 is 1.07 bits per heavy atom. The average molecular weight is 803 g/mol. The Balaban J connectivity index is 0.00000812. The highest BCUT2D eigenvalue weighted by atomic mass is 35.5. The van der Waals surface area contributed by atoms with E-state index in [1.165, 1.54) is 11.0 Å². The number of hydrogen-bond acceptors (Lipinski definition) is 9. The minimum Gasteiger partial charge on any atom is -0.489 e. The first-order chi connectivity index (χ1) is 25.5. The summed E-state index contributed by atoms with van der Waals surface area (Å²) in [5.41, 5.74) is 15.6. The van der Waals surface area contributed by atoms with E-state index in [9.17, 15) is 24.3 Å². The van der Waals surface area contributed by atoms with Gasteiger partial charge in [-0.2, -0.15) is 0 Å². The maximum Gasteiger partial charge on any atom is 0.246 e. The lowest BCUT2D eigenvalue weighted by atomic mass is 9.85. The van der Waals surface area contributed by atoms with Gasteiger partial charge in [0.15, 0.2) is 11.6 Å². The van der Waals surface area contributed by atoms with Gasteiger partial charge in [-0.05, 0) is 67.7 Å². The van der Waals surface area contributed by atoms with Gasteiger partial charge in [0.2, 0.25) is 23.6 Å². The topological polar surface area (TPSA) is 190 Å². The summed E-state index contributed by atoms with van der Waals surface area (Å²) in [6.07, 6.45) is 2.11. The third kappa shape index (κ3) is 13.0. The van der Waals surface area contributed by atoms with Gasteiger partial charge in [-0.25, -0.2) is 9.37 Å². The van der Waals surface area contributed by atoms with Crippen LogP contribution in [0.25, 0.3) is 10.4 Å². The number of halogens is 2. The molecule has 302 valence electrons. The van der Waals surface area contributed by atoms with E-state index in [1.807, 2.05) is 64.4 Å². The van der Waals surface area contributed by atoms with Crippen LogP contribution in [0, 0.1) is 18.2 Å². The lowest BCUT2D eigenvalue weighted by Crippen LogP contribution is -2.57. The minimum atomic E-state index is -0.925. The number of hydrogen-bond donors (Lipinski definition) is 5. The monoisotopic (exact) mass is 802 g/mol. The second-order valence-corrected chi connectivity index (χ2v) is 16.1. The predicted octanol–water partition coefficient (Wildman–Crippen LogP) is 5.12. The molecule has 2 aromatic carbocycles. The molecule has 15 heteroatoms. The fraction of sp³-hybridized carbons (Fsp3) is 0.525. The number of primary amides is 1. The van der Waals surface area contributed by atoms with Gasteiger partial charge in [-0.3, -0.25) is 19.2 Å². The number of amides is 4. The highest BCUT2D eigenvalue weighted by molar-refractivity contribution is 7.13. The first-order valence-corrected chi connectivity index (χ1v) is 19.5. The summed E-state index contributed by atoms with van der Waals surface area (Å²) in [6, 6.07) is 10.2. The Morgan fingerprint density at radius 3 is 2.42 bits per heavy atom. The number of aliphatic hydroxyl groups is 1. The number of carbonyl (C=O) groups is 4. The second-order valence-electron chi connectivity index (χ2n) is 15.2. The van der Waals surface area contributed by atoms with Crippen LogP contribution in [-0.2, 0) is 25.6 Å². The van der Waals surface area contributed by atoms with Crippen LogP contribution in [0.5, 0.6) is 5.75 Å². The van der Waals surface area contributed by atoms with Crippen molar-refractivity contribution in [1.29, 1.82) is 0 Å². The minimum absolute atomic E-state index is 0. The molecule has 55 heavy (non-hydrogen) atoms. The maximum absolute atomic E-state index is 15.1. The molecule has 1 aliphatic rings. The third-order valence-electron chi connectivity index (χ3n) is 9.67. The second kappa shape index (κ2) is 20.7. The molecule has 0 aliphatic carbocycles. The number of rotatable bonds is 18. The number of benzene rings is 2. The summed E-state index contributed by atoms with van der Waals surface area (Å²) in [4.78, 5) is 58.5. The van der Waals surface area contributed by atoms with Crippen molar-refractivity contribution in [2.45, 2.75) is 116 Å². The van der Waals surface area contributed by atoms with Crippen molar-refractivity contribution in [3.8, 4) is 16.2 Å². The fourth-order valence-corrected chi connectivity index (χ4v) is 7.31. The van der Waals surface area contributed by atoms with Crippen LogP contribution in [0.3, 0.4) is 0 Å². The molecule has 2 heterocycles. The van der Waals surface area contributed by atoms with Gasteiger partial charge >= 0.3 is 0 Å². The lowest BCUT2D eigenvalue weighted by molar-refractivity contribution is -0.144. The van der Waals surface area contributed by atoms with E-state index >= 15 is 4.39 Å². The van der Waals surface area contributed by atoms with Crippen molar-refractivity contribution in [2.24, 2.45) is 16.9 Å². The Morgan fingerprint density at radius 2 is 1.78 bits per heavy atom. The summed E-state index contributed by atoms with van der Waals surface area (Å²) in [6.45, 7) is 9.41. The van der Waals surface area contributed by atoms with E-state index in [1.54, 1.807) is 23.5 Å². The van der Waals surface area contributed by atoms with Crippen molar-refractivity contribution in [2.75, 3.05) is 13.2 Å². The van der Waals surface area contributed by atoms with E-state index in [2.05, 4.69) is 15.6 Å². The molecule has 3 unspecified atom stereocenters. The molecule has 0 saturated carbocycles. The van der Waals surface area contributed by atoms with E-state index in [4.69, 9.17) is 16.2 Å². The quantitative estimate of drug-likeness (QED) is 0.110. The first-order valence-electron chi connectivity index (χ1n) is 18.6.